The molecule has 0 aromatic carbocycles. The molecular weight excluding hydrogens is 321 g/mol. The molecule has 2 unspecified atom stereocenters. The van der Waals surface area contributed by atoms with Gasteiger partial charge in [-0.15, -0.1) is 0 Å². The van der Waals surface area contributed by atoms with Crippen molar-refractivity contribution in [1.82, 2.24) is 4.90 Å². The molecule has 138 valence electrons. The third-order valence-corrected chi connectivity index (χ3v) is 3.81. The second-order valence-electron chi connectivity index (χ2n) is 5.73. The maximum Gasteiger partial charge on any atom is 0.229 e. The van der Waals surface area contributed by atoms with Gasteiger partial charge in [0.2, 0.25) is 11.8 Å². The Bertz CT molecular complexity index is 419. The van der Waals surface area contributed by atoms with E-state index < -0.39 is 24.9 Å². The van der Waals surface area contributed by atoms with E-state index in [4.69, 9.17) is 15.7 Å². The van der Waals surface area contributed by atoms with Crippen LogP contribution in [0, 0.1) is 0 Å². The standard InChI is InChI=1S/C15H26FN3O5/c16-9-11(20)15(17)12(21)10-18-24-8-4-2-1-3-7-19-13(22)5-6-14(19)23/h10-12,15,20-21H,1-9,17H2/b18-10+/t11?,12?,15-/m1/s1. The molecule has 4 N–H and O–H groups in total. The van der Waals surface area contributed by atoms with Crippen LogP contribution in [0.4, 0.5) is 4.39 Å². The van der Waals surface area contributed by atoms with Crippen molar-refractivity contribution < 1.29 is 29.0 Å². The van der Waals surface area contributed by atoms with E-state index in [1.54, 1.807) is 0 Å². The van der Waals surface area contributed by atoms with Crippen molar-refractivity contribution >= 4 is 18.0 Å². The van der Waals surface area contributed by atoms with Gasteiger partial charge < -0.3 is 20.8 Å². The van der Waals surface area contributed by atoms with Crippen LogP contribution in [0.5, 0.6) is 0 Å². The Balaban J connectivity index is 2.01. The molecule has 8 nitrogen and oxygen atoms in total. The summed E-state index contributed by atoms with van der Waals surface area (Å²) in [6, 6.07) is -1.15. The minimum Gasteiger partial charge on any atom is -0.396 e. The van der Waals surface area contributed by atoms with E-state index >= 15 is 0 Å². The number of hydrogen-bond acceptors (Lipinski definition) is 7. The Hall–Kier alpha value is -1.58. The van der Waals surface area contributed by atoms with E-state index in [2.05, 4.69) is 5.16 Å². The van der Waals surface area contributed by atoms with E-state index in [0.717, 1.165) is 31.9 Å². The number of alkyl halides is 1. The number of aliphatic hydroxyl groups is 2. The number of aliphatic hydroxyl groups excluding tert-OH is 2. The van der Waals surface area contributed by atoms with Crippen LogP contribution < -0.4 is 5.73 Å². The summed E-state index contributed by atoms with van der Waals surface area (Å²) in [4.78, 5) is 29.0. The minimum absolute atomic E-state index is 0.0904. The lowest BCUT2D eigenvalue weighted by Crippen LogP contribution is -2.46. The summed E-state index contributed by atoms with van der Waals surface area (Å²) in [6.45, 7) is -0.231. The number of nitrogens with two attached hydrogens (primary N) is 1. The van der Waals surface area contributed by atoms with E-state index in [1.807, 2.05) is 0 Å². The highest BCUT2D eigenvalue weighted by Crippen LogP contribution is 2.13. The third-order valence-electron chi connectivity index (χ3n) is 3.81. The van der Waals surface area contributed by atoms with Crippen molar-refractivity contribution in [2.45, 2.75) is 56.8 Å². The van der Waals surface area contributed by atoms with Gasteiger partial charge in [0.15, 0.2) is 0 Å². The first-order valence-corrected chi connectivity index (χ1v) is 8.13. The van der Waals surface area contributed by atoms with Crippen LogP contribution in [0.1, 0.15) is 38.5 Å². The third kappa shape index (κ3) is 6.90. The van der Waals surface area contributed by atoms with Gasteiger partial charge in [0.05, 0.1) is 12.3 Å². The zero-order chi connectivity index (χ0) is 17.9. The van der Waals surface area contributed by atoms with Crippen molar-refractivity contribution in [3.63, 3.8) is 0 Å². The zero-order valence-corrected chi connectivity index (χ0v) is 13.6. The Kier molecular flexibility index (Phi) is 9.43. The number of unbranched alkanes of at least 4 members (excludes halogenated alkanes) is 3. The fraction of sp³-hybridized carbons (Fsp3) is 0.800. The number of oxime groups is 1. The lowest BCUT2D eigenvalue weighted by atomic mass is 10.1. The SMILES string of the molecule is N[C@@H](C(O)/C=N/OCCCCCCN1C(=O)CCC1=O)C(O)CF. The first-order chi connectivity index (χ1) is 11.5. The number of carbonyl (C=O) groups excluding carboxylic acids is 2. The summed E-state index contributed by atoms with van der Waals surface area (Å²) in [5, 5.41) is 22.1. The van der Waals surface area contributed by atoms with Gasteiger partial charge in [0.25, 0.3) is 0 Å². The molecule has 1 saturated heterocycles. The van der Waals surface area contributed by atoms with Crippen LogP contribution in [0.15, 0.2) is 5.16 Å². The molecule has 1 rings (SSSR count). The van der Waals surface area contributed by atoms with Crippen LogP contribution >= 0.6 is 0 Å². The summed E-state index contributed by atoms with van der Waals surface area (Å²) in [5.74, 6) is -0.181. The lowest BCUT2D eigenvalue weighted by Gasteiger charge is -2.18. The van der Waals surface area contributed by atoms with Crippen LogP contribution in [-0.4, -0.2) is 71.2 Å². The van der Waals surface area contributed by atoms with E-state index in [1.165, 1.54) is 4.90 Å². The molecule has 0 saturated carbocycles. The average molecular weight is 347 g/mol. The molecule has 1 heterocycles. The second kappa shape index (κ2) is 11.1. The topological polar surface area (TPSA) is 125 Å². The van der Waals surface area contributed by atoms with Crippen LogP contribution in [0.25, 0.3) is 0 Å². The molecule has 1 aliphatic heterocycles. The summed E-state index contributed by atoms with van der Waals surface area (Å²) in [7, 11) is 0. The van der Waals surface area contributed by atoms with E-state index in [9.17, 15) is 19.1 Å². The molecule has 24 heavy (non-hydrogen) atoms. The van der Waals surface area contributed by atoms with Crippen LogP contribution in [0.2, 0.25) is 0 Å². The monoisotopic (exact) mass is 347 g/mol. The van der Waals surface area contributed by atoms with Crippen LogP contribution in [-0.2, 0) is 14.4 Å². The Labute approximate surface area is 140 Å². The van der Waals surface area contributed by atoms with Gasteiger partial charge in [-0.1, -0.05) is 11.6 Å². The molecule has 9 heteroatoms. The fourth-order valence-corrected chi connectivity index (χ4v) is 2.25. The highest BCUT2D eigenvalue weighted by atomic mass is 19.1. The number of hydrogen-bond donors (Lipinski definition) is 3. The van der Waals surface area contributed by atoms with Gasteiger partial charge in [-0.3, -0.25) is 14.5 Å². The second-order valence-corrected chi connectivity index (χ2v) is 5.73. The summed E-state index contributed by atoms with van der Waals surface area (Å²) >= 11 is 0. The van der Waals surface area contributed by atoms with Crippen molar-refractivity contribution in [1.29, 1.82) is 0 Å². The molecule has 1 aliphatic rings. The summed E-state index contributed by atoms with van der Waals surface area (Å²) in [6.07, 6.45) is 2.14. The molecular formula is C15H26FN3O5. The maximum absolute atomic E-state index is 12.2. The first-order valence-electron chi connectivity index (χ1n) is 8.13. The van der Waals surface area contributed by atoms with E-state index in [-0.39, 0.29) is 11.8 Å². The van der Waals surface area contributed by atoms with Gasteiger partial charge in [0.1, 0.15) is 25.5 Å². The van der Waals surface area contributed by atoms with Crippen molar-refractivity contribution in [3.05, 3.63) is 0 Å². The number of carbonyl (C=O) groups is 2. The molecule has 0 bridgehead atoms. The molecule has 2 amide bonds. The number of halogens is 1. The highest BCUT2D eigenvalue weighted by molar-refractivity contribution is 6.01. The number of likely N-dealkylation sites (tertiary alicyclic amines) is 1. The van der Waals surface area contributed by atoms with Crippen molar-refractivity contribution in [3.8, 4) is 0 Å². The molecule has 0 aliphatic carbocycles. The molecule has 1 fully saturated rings. The van der Waals surface area contributed by atoms with Gasteiger partial charge in [-0.25, -0.2) is 4.39 Å². The molecule has 0 spiro atoms. The number of rotatable bonds is 12. The van der Waals surface area contributed by atoms with Crippen LogP contribution in [0.3, 0.4) is 0 Å². The van der Waals surface area contributed by atoms with Crippen molar-refractivity contribution in [2.75, 3.05) is 19.8 Å². The molecule has 3 atom stereocenters. The predicted octanol–water partition coefficient (Wildman–Crippen LogP) is -0.283. The molecule has 0 radical (unpaired) electrons. The smallest absolute Gasteiger partial charge is 0.229 e. The molecule has 0 aromatic rings. The number of nitrogens with zero attached hydrogens (tertiary/aromatic N) is 2. The normalized spacial score (nSPS) is 19.1. The zero-order valence-electron chi connectivity index (χ0n) is 13.6. The first kappa shape index (κ1) is 20.5. The maximum atomic E-state index is 12.2. The van der Waals surface area contributed by atoms with Crippen molar-refractivity contribution in [2.24, 2.45) is 10.9 Å². The Morgan fingerprint density at radius 3 is 2.46 bits per heavy atom. The minimum atomic E-state index is -1.44. The van der Waals surface area contributed by atoms with Gasteiger partial charge >= 0.3 is 0 Å². The summed E-state index contributed by atoms with van der Waals surface area (Å²) in [5.41, 5.74) is 5.40. The van der Waals surface area contributed by atoms with Gasteiger partial charge in [0, 0.05) is 19.4 Å². The lowest BCUT2D eigenvalue weighted by molar-refractivity contribution is -0.138. The predicted molar refractivity (Wildman–Crippen MR) is 84.8 cm³/mol. The summed E-state index contributed by atoms with van der Waals surface area (Å²) < 4.78 is 12.2. The number of amides is 2. The van der Waals surface area contributed by atoms with E-state index in [0.29, 0.717) is 26.0 Å². The van der Waals surface area contributed by atoms with Gasteiger partial charge in [-0.05, 0) is 19.3 Å². The fourth-order valence-electron chi connectivity index (χ4n) is 2.25. The average Bonchev–Trinajstić information content (AvgIpc) is 2.90. The molecule has 0 aromatic heterocycles. The van der Waals surface area contributed by atoms with Gasteiger partial charge in [-0.2, -0.15) is 0 Å². The highest BCUT2D eigenvalue weighted by Gasteiger charge is 2.27. The Morgan fingerprint density at radius 1 is 1.21 bits per heavy atom. The quantitative estimate of drug-likeness (QED) is 0.193. The number of imide groups is 1. The largest absolute Gasteiger partial charge is 0.396 e. The Morgan fingerprint density at radius 2 is 1.83 bits per heavy atom.